The Morgan fingerprint density at radius 3 is 2.67 bits per heavy atom. The number of aromatic nitrogens is 1. The number of halogens is 2. The quantitative estimate of drug-likeness (QED) is 0.189. The van der Waals surface area contributed by atoms with Crippen LogP contribution in [-0.4, -0.2) is 41.7 Å². The van der Waals surface area contributed by atoms with Crippen LogP contribution in [0.15, 0.2) is 67.0 Å². The highest BCUT2D eigenvalue weighted by Gasteiger charge is 2.29. The molecule has 6 rings (SSSR count). The van der Waals surface area contributed by atoms with Crippen LogP contribution in [0.5, 0.6) is 17.2 Å². The average Bonchev–Trinajstić information content (AvgIpc) is 3.47. The third-order valence-corrected chi connectivity index (χ3v) is 9.22. The molecular formula is C36H35Cl2N3O4. The van der Waals surface area contributed by atoms with Crippen molar-refractivity contribution in [3.63, 3.8) is 0 Å². The lowest BCUT2D eigenvalue weighted by Gasteiger charge is -2.29. The van der Waals surface area contributed by atoms with Crippen LogP contribution in [0.4, 0.5) is 0 Å². The van der Waals surface area contributed by atoms with Crippen molar-refractivity contribution in [1.82, 2.24) is 9.88 Å². The summed E-state index contributed by atoms with van der Waals surface area (Å²) >= 11 is 13.6. The summed E-state index contributed by atoms with van der Waals surface area (Å²) < 4.78 is 18.8. The van der Waals surface area contributed by atoms with E-state index in [1.165, 1.54) is 24.6 Å². The van der Waals surface area contributed by atoms with E-state index in [1.54, 1.807) is 24.4 Å². The topological polar surface area (TPSA) is 87.8 Å². The van der Waals surface area contributed by atoms with E-state index in [1.807, 2.05) is 24.3 Å². The van der Waals surface area contributed by atoms with Crippen molar-refractivity contribution in [2.24, 2.45) is 5.92 Å². The van der Waals surface area contributed by atoms with E-state index in [4.69, 9.17) is 37.4 Å². The Morgan fingerprint density at radius 2 is 1.84 bits per heavy atom. The third-order valence-electron chi connectivity index (χ3n) is 8.54. The van der Waals surface area contributed by atoms with Gasteiger partial charge in [-0.05, 0) is 74.2 Å². The van der Waals surface area contributed by atoms with Crippen LogP contribution in [0.2, 0.25) is 10.0 Å². The first-order valence-corrected chi connectivity index (χ1v) is 16.0. The molecule has 1 N–H and O–H groups in total. The van der Waals surface area contributed by atoms with E-state index >= 15 is 0 Å². The van der Waals surface area contributed by atoms with Gasteiger partial charge in [0.05, 0.1) is 28.8 Å². The van der Waals surface area contributed by atoms with Gasteiger partial charge in [-0.15, -0.1) is 0 Å². The van der Waals surface area contributed by atoms with Crippen molar-refractivity contribution in [2.45, 2.75) is 45.0 Å². The number of hydrogen-bond donors (Lipinski definition) is 1. The summed E-state index contributed by atoms with van der Waals surface area (Å²) in [6, 6.07) is 19.4. The molecule has 7 nitrogen and oxygen atoms in total. The fourth-order valence-electron chi connectivity index (χ4n) is 6.30. The van der Waals surface area contributed by atoms with Crippen molar-refractivity contribution in [1.29, 1.82) is 5.26 Å². The number of nitrogens with zero attached hydrogens (tertiary/aromatic N) is 3. The van der Waals surface area contributed by atoms with E-state index in [-0.39, 0.29) is 19.3 Å². The molecule has 0 spiro atoms. The molecule has 1 aliphatic heterocycles. The fraction of sp³-hybridized carbons (Fsp3) is 0.333. The molecule has 45 heavy (non-hydrogen) atoms. The molecule has 1 aromatic heterocycles. The largest absolute Gasteiger partial charge is 0.492 e. The number of piperidine rings is 1. The van der Waals surface area contributed by atoms with Crippen LogP contribution in [0, 0.1) is 17.2 Å². The number of nitriles is 1. The van der Waals surface area contributed by atoms with Gasteiger partial charge in [0.2, 0.25) is 0 Å². The molecule has 0 bridgehead atoms. The van der Waals surface area contributed by atoms with Crippen LogP contribution >= 0.6 is 23.2 Å². The maximum absolute atomic E-state index is 9.96. The number of hydrogen-bond acceptors (Lipinski definition) is 7. The Kier molecular flexibility index (Phi) is 9.77. The summed E-state index contributed by atoms with van der Waals surface area (Å²) in [5.41, 5.74) is 6.03. The summed E-state index contributed by atoms with van der Waals surface area (Å²) in [7, 11) is 2.16. The van der Waals surface area contributed by atoms with Gasteiger partial charge in [0.25, 0.3) is 0 Å². The second-order valence-electron chi connectivity index (χ2n) is 11.7. The molecule has 9 heteroatoms. The smallest absolute Gasteiger partial charge is 0.142 e. The highest BCUT2D eigenvalue weighted by molar-refractivity contribution is 6.35. The van der Waals surface area contributed by atoms with Crippen molar-refractivity contribution in [3.05, 3.63) is 105 Å². The summed E-state index contributed by atoms with van der Waals surface area (Å²) in [4.78, 5) is 6.45. The number of benzene rings is 3. The Hall–Kier alpha value is -3.80. The summed E-state index contributed by atoms with van der Waals surface area (Å²) in [5.74, 6) is 2.13. The number of rotatable bonds is 10. The third kappa shape index (κ3) is 7.05. The normalized spacial score (nSPS) is 17.8. The van der Waals surface area contributed by atoms with Gasteiger partial charge in [-0.1, -0.05) is 53.5 Å². The van der Waals surface area contributed by atoms with E-state index in [9.17, 15) is 10.4 Å². The molecule has 232 valence electrons. The fourth-order valence-corrected chi connectivity index (χ4v) is 6.82. The molecule has 2 heterocycles. The van der Waals surface area contributed by atoms with E-state index in [0.29, 0.717) is 50.9 Å². The molecule has 0 saturated carbocycles. The minimum Gasteiger partial charge on any atom is -0.492 e. The number of likely N-dealkylation sites (tertiary alicyclic amines) is 1. The second-order valence-corrected chi connectivity index (χ2v) is 12.5. The molecule has 0 radical (unpaired) electrons. The van der Waals surface area contributed by atoms with Crippen molar-refractivity contribution in [2.75, 3.05) is 26.7 Å². The first-order valence-electron chi connectivity index (χ1n) is 15.2. The van der Waals surface area contributed by atoms with Crippen LogP contribution in [0.1, 0.15) is 53.2 Å². The number of fused-ring (bicyclic) bond motifs is 1. The number of aliphatic hydroxyl groups is 1. The minimum atomic E-state index is -0.247. The van der Waals surface area contributed by atoms with Crippen molar-refractivity contribution < 1.29 is 19.3 Å². The Labute approximate surface area is 273 Å². The highest BCUT2D eigenvalue weighted by atomic mass is 35.5. The first kappa shape index (κ1) is 31.2. The Bertz CT molecular complexity index is 1720. The van der Waals surface area contributed by atoms with Crippen LogP contribution in [0.3, 0.4) is 0 Å². The SMILES string of the molecule is CN1CCC[C@H](COc2cccc(-c3cccc4c3CC[C@H]4Oc3cc(OCc4cncc(C#N)c4)c(CO)cc3Cl)c2Cl)C1. The second kappa shape index (κ2) is 14.1. The van der Waals surface area contributed by atoms with Gasteiger partial charge in [0.1, 0.15) is 36.0 Å². The molecule has 4 aromatic rings. The summed E-state index contributed by atoms with van der Waals surface area (Å²) in [6.45, 7) is 2.76. The van der Waals surface area contributed by atoms with Gasteiger partial charge in [0, 0.05) is 47.6 Å². The van der Waals surface area contributed by atoms with E-state index < -0.39 is 0 Å². The predicted molar refractivity (Wildman–Crippen MR) is 175 cm³/mol. The predicted octanol–water partition coefficient (Wildman–Crippen LogP) is 7.79. The number of aliphatic hydroxyl groups excluding tert-OH is 1. The van der Waals surface area contributed by atoms with Gasteiger partial charge in [0.15, 0.2) is 0 Å². The van der Waals surface area contributed by atoms with Gasteiger partial charge >= 0.3 is 0 Å². The Morgan fingerprint density at radius 1 is 1.00 bits per heavy atom. The maximum Gasteiger partial charge on any atom is 0.142 e. The molecule has 1 saturated heterocycles. The van der Waals surface area contributed by atoms with Crippen molar-refractivity contribution >= 4 is 23.2 Å². The molecular weight excluding hydrogens is 609 g/mol. The molecule has 0 unspecified atom stereocenters. The zero-order valence-electron chi connectivity index (χ0n) is 25.1. The standard InChI is InChI=1S/C36H35Cl2N3O4/c1-41-12-4-5-23(19-41)21-43-33-9-3-8-30(36(33)38)27-6-2-7-29-28(27)10-11-32(29)45-35-15-34(26(20-42)14-31(35)37)44-22-25-13-24(16-39)17-40-18-25/h2-3,6-9,13-15,17-18,23,32,42H,4-5,10-12,19-22H2,1H3/t23-,32+/m0/s1. The minimum absolute atomic E-state index is 0.174. The van der Waals surface area contributed by atoms with Crippen LogP contribution < -0.4 is 14.2 Å². The molecule has 2 aliphatic rings. The van der Waals surface area contributed by atoms with Gasteiger partial charge in [-0.25, -0.2) is 0 Å². The molecule has 0 amide bonds. The molecule has 1 fully saturated rings. The lowest BCUT2D eigenvalue weighted by Crippen LogP contribution is -2.34. The molecule has 2 atom stereocenters. The van der Waals surface area contributed by atoms with Gasteiger partial charge < -0.3 is 24.2 Å². The first-order chi connectivity index (χ1) is 21.9. The average molecular weight is 645 g/mol. The zero-order chi connectivity index (χ0) is 31.3. The van der Waals surface area contributed by atoms with E-state index in [0.717, 1.165) is 48.2 Å². The van der Waals surface area contributed by atoms with Gasteiger partial charge in [-0.3, -0.25) is 4.98 Å². The Balaban J connectivity index is 1.20. The van der Waals surface area contributed by atoms with Crippen molar-refractivity contribution in [3.8, 4) is 34.4 Å². The highest BCUT2D eigenvalue weighted by Crippen LogP contribution is 2.45. The van der Waals surface area contributed by atoms with Crippen LogP contribution in [-0.2, 0) is 19.6 Å². The number of ether oxygens (including phenoxy) is 3. The zero-order valence-corrected chi connectivity index (χ0v) is 26.7. The summed E-state index contributed by atoms with van der Waals surface area (Å²) in [5, 5.41) is 20.2. The molecule has 3 aromatic carbocycles. The van der Waals surface area contributed by atoms with Gasteiger partial charge in [-0.2, -0.15) is 5.26 Å². The monoisotopic (exact) mass is 643 g/mol. The lowest BCUT2D eigenvalue weighted by molar-refractivity contribution is 0.150. The molecule has 1 aliphatic carbocycles. The van der Waals surface area contributed by atoms with E-state index in [2.05, 4.69) is 35.1 Å². The van der Waals surface area contributed by atoms with Crippen LogP contribution in [0.25, 0.3) is 11.1 Å². The lowest BCUT2D eigenvalue weighted by atomic mass is 9.96. The summed E-state index contributed by atoms with van der Waals surface area (Å²) in [6.07, 6.45) is 6.88. The number of pyridine rings is 1. The maximum atomic E-state index is 9.96.